The fraction of sp³-hybridized carbons (Fsp3) is 0.167. The summed E-state index contributed by atoms with van der Waals surface area (Å²) < 4.78 is 7.40. The molecule has 0 aliphatic carbocycles. The van der Waals surface area contributed by atoms with Crippen molar-refractivity contribution in [3.8, 4) is 0 Å². The second-order valence-electron chi connectivity index (χ2n) is 6.14. The van der Waals surface area contributed by atoms with Crippen molar-refractivity contribution in [1.82, 2.24) is 19.1 Å². The van der Waals surface area contributed by atoms with E-state index in [1.807, 2.05) is 0 Å². The van der Waals surface area contributed by atoms with E-state index in [4.69, 9.17) is 4.42 Å². The molecule has 10 heteroatoms. The number of thioether (sulfide) groups is 1. The van der Waals surface area contributed by atoms with Crippen LogP contribution in [0, 0.1) is 0 Å². The lowest BCUT2D eigenvalue weighted by Crippen LogP contribution is -2.36. The first-order valence-electron chi connectivity index (χ1n) is 8.21. The van der Waals surface area contributed by atoms with Gasteiger partial charge in [-0.05, 0) is 12.1 Å². The van der Waals surface area contributed by atoms with Gasteiger partial charge in [-0.25, -0.2) is 14.6 Å². The highest BCUT2D eigenvalue weighted by molar-refractivity contribution is 7.99. The average molecular weight is 398 g/mol. The van der Waals surface area contributed by atoms with Crippen LogP contribution in [0.1, 0.15) is 10.4 Å². The summed E-state index contributed by atoms with van der Waals surface area (Å²) in [7, 11) is 2.88. The van der Waals surface area contributed by atoms with E-state index < -0.39 is 22.7 Å². The zero-order chi connectivity index (χ0) is 20.0. The second-order valence-corrected chi connectivity index (χ2v) is 7.11. The molecule has 0 spiro atoms. The number of carbonyl (C=O) groups excluding carboxylic acids is 1. The fourth-order valence-electron chi connectivity index (χ4n) is 2.84. The zero-order valence-corrected chi connectivity index (χ0v) is 15.7. The summed E-state index contributed by atoms with van der Waals surface area (Å²) in [5.74, 6) is -0.510. The number of carbonyl (C=O) groups is 1. The van der Waals surface area contributed by atoms with E-state index in [9.17, 15) is 19.2 Å². The van der Waals surface area contributed by atoms with E-state index in [1.54, 1.807) is 24.3 Å². The minimum atomic E-state index is -0.704. The Labute approximate surface area is 160 Å². The quantitative estimate of drug-likeness (QED) is 0.310. The molecule has 0 aliphatic rings. The number of para-hydroxylation sites is 1. The van der Waals surface area contributed by atoms with E-state index in [2.05, 4.69) is 9.97 Å². The molecule has 3 aromatic heterocycles. The van der Waals surface area contributed by atoms with Crippen LogP contribution in [-0.2, 0) is 14.1 Å². The van der Waals surface area contributed by atoms with Crippen LogP contribution in [0.5, 0.6) is 0 Å². The number of Topliss-reactive ketones (excluding diaryl/α,β-unsaturated/α-hetero) is 1. The molecule has 4 rings (SSSR count). The molecule has 0 aliphatic heterocycles. The Morgan fingerprint density at radius 1 is 1.18 bits per heavy atom. The Morgan fingerprint density at radius 2 is 1.93 bits per heavy atom. The number of aromatic nitrogens is 4. The Bertz CT molecular complexity index is 1430. The molecule has 0 amide bonds. The van der Waals surface area contributed by atoms with Crippen LogP contribution in [-0.4, -0.2) is 30.6 Å². The third-order valence-electron chi connectivity index (χ3n) is 4.35. The maximum atomic E-state index is 12.5. The molecule has 3 heterocycles. The summed E-state index contributed by atoms with van der Waals surface area (Å²) in [5.41, 5.74) is -0.969. The number of aromatic amines is 1. The van der Waals surface area contributed by atoms with Gasteiger partial charge in [-0.3, -0.25) is 18.7 Å². The van der Waals surface area contributed by atoms with Crippen LogP contribution in [0.2, 0.25) is 0 Å². The summed E-state index contributed by atoms with van der Waals surface area (Å²) in [6, 6.07) is 8.42. The molecule has 0 saturated carbocycles. The first-order chi connectivity index (χ1) is 13.4. The molecular weight excluding hydrogens is 384 g/mol. The fourth-order valence-corrected chi connectivity index (χ4v) is 3.59. The molecule has 1 aromatic carbocycles. The maximum Gasteiger partial charge on any atom is 0.347 e. The molecule has 0 saturated heterocycles. The number of nitrogens with zero attached hydrogens (tertiary/aromatic N) is 3. The van der Waals surface area contributed by atoms with Gasteiger partial charge in [-0.15, -0.1) is 0 Å². The van der Waals surface area contributed by atoms with E-state index in [0.29, 0.717) is 16.1 Å². The van der Waals surface area contributed by atoms with Gasteiger partial charge in [0, 0.05) is 19.5 Å². The summed E-state index contributed by atoms with van der Waals surface area (Å²) in [6.45, 7) is 0. The lowest BCUT2D eigenvalue weighted by atomic mass is 10.1. The molecule has 142 valence electrons. The van der Waals surface area contributed by atoms with Crippen molar-refractivity contribution in [2.75, 3.05) is 5.75 Å². The lowest BCUT2D eigenvalue weighted by Gasteiger charge is -2.01. The number of nitrogens with one attached hydrogen (secondary N) is 1. The van der Waals surface area contributed by atoms with E-state index in [0.717, 1.165) is 16.3 Å². The number of hydrogen-bond donors (Lipinski definition) is 1. The number of aryl methyl sites for hydroxylation is 1. The highest BCUT2D eigenvalue weighted by Gasteiger charge is 2.17. The first kappa shape index (κ1) is 18.0. The summed E-state index contributed by atoms with van der Waals surface area (Å²) in [4.78, 5) is 55.8. The van der Waals surface area contributed by atoms with Crippen molar-refractivity contribution < 1.29 is 9.21 Å². The van der Waals surface area contributed by atoms with E-state index >= 15 is 0 Å². The highest BCUT2D eigenvalue weighted by Crippen LogP contribution is 2.19. The number of H-pyrrole nitrogens is 1. The molecule has 0 radical (unpaired) electrons. The minimum absolute atomic E-state index is 0.0503. The SMILES string of the molecule is Cn1c(=O)c2[nH]c(SCC(=O)c3cc4ccccc4oc3=O)nc2n(C)c1=O. The van der Waals surface area contributed by atoms with E-state index in [-0.39, 0.29) is 22.5 Å². The predicted molar refractivity (Wildman–Crippen MR) is 104 cm³/mol. The summed E-state index contributed by atoms with van der Waals surface area (Å²) >= 11 is 1.03. The number of fused-ring (bicyclic) bond motifs is 2. The van der Waals surface area contributed by atoms with Crippen LogP contribution in [0.4, 0.5) is 0 Å². The first-order valence-corrected chi connectivity index (χ1v) is 9.20. The monoisotopic (exact) mass is 398 g/mol. The zero-order valence-electron chi connectivity index (χ0n) is 14.9. The van der Waals surface area contributed by atoms with E-state index in [1.165, 1.54) is 24.7 Å². The van der Waals surface area contributed by atoms with Gasteiger partial charge >= 0.3 is 11.3 Å². The van der Waals surface area contributed by atoms with Crippen molar-refractivity contribution in [1.29, 1.82) is 0 Å². The van der Waals surface area contributed by atoms with Gasteiger partial charge in [-0.2, -0.15) is 0 Å². The third kappa shape index (κ3) is 2.87. The standard InChI is InChI=1S/C18H14N4O5S/c1-21-14-13(15(24)22(2)18(21)26)19-17(20-14)28-8-11(23)10-7-9-5-3-4-6-12(9)27-16(10)25/h3-7H,8H2,1-2H3,(H,19,20). The van der Waals surface area contributed by atoms with Crippen LogP contribution < -0.4 is 16.9 Å². The lowest BCUT2D eigenvalue weighted by molar-refractivity contribution is 0.101. The molecule has 28 heavy (non-hydrogen) atoms. The van der Waals surface area contributed by atoms with Gasteiger partial charge in [0.1, 0.15) is 11.1 Å². The Morgan fingerprint density at radius 3 is 2.71 bits per heavy atom. The van der Waals surface area contributed by atoms with Crippen LogP contribution in [0.25, 0.3) is 22.1 Å². The van der Waals surface area contributed by atoms with Crippen molar-refractivity contribution in [3.63, 3.8) is 0 Å². The molecule has 4 aromatic rings. The van der Waals surface area contributed by atoms with Gasteiger partial charge in [0.05, 0.1) is 5.75 Å². The average Bonchev–Trinajstić information content (AvgIpc) is 3.13. The second kappa shape index (κ2) is 6.64. The number of hydrogen-bond acceptors (Lipinski definition) is 7. The van der Waals surface area contributed by atoms with Crippen LogP contribution in [0.3, 0.4) is 0 Å². The van der Waals surface area contributed by atoms with Crippen molar-refractivity contribution in [3.05, 3.63) is 67.2 Å². The highest BCUT2D eigenvalue weighted by atomic mass is 32.2. The normalized spacial score (nSPS) is 11.4. The molecule has 1 N–H and O–H groups in total. The van der Waals surface area contributed by atoms with Gasteiger partial charge in [0.2, 0.25) is 0 Å². The molecule has 0 unspecified atom stereocenters. The summed E-state index contributed by atoms with van der Waals surface area (Å²) in [6.07, 6.45) is 0. The van der Waals surface area contributed by atoms with Crippen LogP contribution >= 0.6 is 11.8 Å². The predicted octanol–water partition coefficient (Wildman–Crippen LogP) is 1.04. The van der Waals surface area contributed by atoms with Gasteiger partial charge in [-0.1, -0.05) is 30.0 Å². The van der Waals surface area contributed by atoms with Crippen molar-refractivity contribution in [2.45, 2.75) is 5.16 Å². The number of ketones is 1. The van der Waals surface area contributed by atoms with Crippen LogP contribution in [0.15, 0.2) is 54.3 Å². The van der Waals surface area contributed by atoms with Gasteiger partial charge in [0.15, 0.2) is 22.1 Å². The van der Waals surface area contributed by atoms with Crippen molar-refractivity contribution in [2.24, 2.45) is 14.1 Å². The molecule has 0 bridgehead atoms. The largest absolute Gasteiger partial charge is 0.422 e. The maximum absolute atomic E-state index is 12.5. The Hall–Kier alpha value is -3.40. The topological polar surface area (TPSA) is 120 Å². The molecule has 0 fully saturated rings. The van der Waals surface area contributed by atoms with Crippen molar-refractivity contribution >= 4 is 39.7 Å². The molecule has 0 atom stereocenters. The molecule has 9 nitrogen and oxygen atoms in total. The van der Waals surface area contributed by atoms with Gasteiger partial charge < -0.3 is 9.40 Å². The Balaban J connectivity index is 1.64. The third-order valence-corrected chi connectivity index (χ3v) is 5.23. The molecular formula is C18H14N4O5S. The Kier molecular flexibility index (Phi) is 4.27. The number of imidazole rings is 1. The van der Waals surface area contributed by atoms with Gasteiger partial charge in [0.25, 0.3) is 5.56 Å². The smallest absolute Gasteiger partial charge is 0.347 e. The minimum Gasteiger partial charge on any atom is -0.422 e. The number of benzene rings is 1. The number of rotatable bonds is 4. The summed E-state index contributed by atoms with van der Waals surface area (Å²) in [5, 5.41) is 0.949.